The second-order valence-electron chi connectivity index (χ2n) is 6.75. The predicted molar refractivity (Wildman–Crippen MR) is 119 cm³/mol. The van der Waals surface area contributed by atoms with E-state index in [0.29, 0.717) is 5.56 Å². The van der Waals surface area contributed by atoms with Crippen molar-refractivity contribution in [1.82, 2.24) is 5.32 Å². The minimum Gasteiger partial charge on any atom is -0.507 e. The van der Waals surface area contributed by atoms with E-state index in [1.54, 1.807) is 24.3 Å². The fraction of sp³-hybridized carbons (Fsp3) is 0.200. The van der Waals surface area contributed by atoms with E-state index in [0.717, 1.165) is 5.56 Å². The molecule has 0 aliphatic carbocycles. The number of aliphatic imine (C=N–C) groups is 1. The highest BCUT2D eigenvalue weighted by atomic mass is 16.4. The van der Waals surface area contributed by atoms with E-state index in [-0.39, 0.29) is 42.9 Å². The molecule has 0 aliphatic rings. The van der Waals surface area contributed by atoms with E-state index < -0.39 is 30.7 Å². The van der Waals surface area contributed by atoms with Gasteiger partial charge in [-0.1, -0.05) is 36.4 Å². The van der Waals surface area contributed by atoms with Crippen LogP contribution in [0.1, 0.15) is 27.0 Å². The summed E-state index contributed by atoms with van der Waals surface area (Å²) >= 11 is 0. The molecule has 0 bridgehead atoms. The lowest BCUT2D eigenvalue weighted by molar-refractivity contribution is -0.123. The number of carboxylic acid groups (broad SMARTS) is 2. The summed E-state index contributed by atoms with van der Waals surface area (Å²) in [6, 6.07) is 11.1. The van der Waals surface area contributed by atoms with Gasteiger partial charge in [-0.25, -0.2) is 9.79 Å². The maximum absolute atomic E-state index is 12.4. The molecule has 176 valence electrons. The number of phenols is 1. The van der Waals surface area contributed by atoms with Crippen molar-refractivity contribution in [2.75, 3.05) is 0 Å². The van der Waals surface area contributed by atoms with Crippen molar-refractivity contribution in [3.8, 4) is 5.75 Å². The molecule has 33 heavy (non-hydrogen) atoms. The van der Waals surface area contributed by atoms with Crippen molar-refractivity contribution in [3.63, 3.8) is 0 Å². The maximum Gasteiger partial charge on any atom is 0.475 e. The van der Waals surface area contributed by atoms with Gasteiger partial charge in [-0.3, -0.25) is 9.59 Å². The Bertz CT molecular complexity index is 996. The third-order valence-corrected chi connectivity index (χ3v) is 4.30. The molecule has 2 aromatic rings. The number of para-hydroxylation sites is 1. The third kappa shape index (κ3) is 9.29. The number of nitrogens with one attached hydrogen (secondary N) is 1. The Morgan fingerprint density at radius 2 is 1.73 bits per heavy atom. The fourth-order valence-electron chi connectivity index (χ4n) is 2.86. The van der Waals surface area contributed by atoms with E-state index in [1.165, 1.54) is 18.2 Å². The number of rotatable bonds is 9. The first kappa shape index (κ1) is 26.9. The average Bonchev–Trinajstić information content (AvgIpc) is 2.73. The molecule has 1 atom stereocenters. The van der Waals surface area contributed by atoms with Crippen LogP contribution in [0, 0.1) is 0 Å². The molecule has 12 nitrogen and oxygen atoms in total. The molecule has 0 aliphatic heterocycles. The Kier molecular flexibility index (Phi) is 10.9. The molecule has 0 spiro atoms. The van der Waals surface area contributed by atoms with Crippen LogP contribution in [0.5, 0.6) is 5.75 Å². The summed E-state index contributed by atoms with van der Waals surface area (Å²) < 4.78 is 0. The molecule has 2 aromatic carbocycles. The number of guanidine groups is 1. The van der Waals surface area contributed by atoms with Crippen LogP contribution in [0.3, 0.4) is 0 Å². The molecule has 0 saturated heterocycles. The molecule has 13 heteroatoms. The molecule has 0 unspecified atom stereocenters. The van der Waals surface area contributed by atoms with Gasteiger partial charge in [0.15, 0.2) is 5.96 Å². The number of carboxylic acids is 1. The van der Waals surface area contributed by atoms with Crippen LogP contribution in [0.25, 0.3) is 0 Å². The number of hydrogen-bond donors (Lipinski definition) is 8. The Morgan fingerprint density at radius 3 is 2.30 bits per heavy atom. The van der Waals surface area contributed by atoms with Gasteiger partial charge in [-0.05, 0) is 29.2 Å². The summed E-state index contributed by atoms with van der Waals surface area (Å²) in [5.41, 5.74) is 11.9. The van der Waals surface area contributed by atoms with E-state index in [2.05, 4.69) is 10.3 Å². The van der Waals surface area contributed by atoms with Crippen molar-refractivity contribution in [2.45, 2.75) is 25.3 Å². The highest BCUT2D eigenvalue weighted by Gasteiger charge is 2.27. The molecule has 10 N–H and O–H groups in total. The number of aromatic hydroxyl groups is 1. The van der Waals surface area contributed by atoms with Gasteiger partial charge in [-0.15, -0.1) is 0 Å². The van der Waals surface area contributed by atoms with Crippen molar-refractivity contribution in [1.29, 1.82) is 0 Å². The minimum absolute atomic E-state index is 0.0416. The van der Waals surface area contributed by atoms with Crippen LogP contribution in [0.2, 0.25) is 0 Å². The van der Waals surface area contributed by atoms with Crippen molar-refractivity contribution in [2.24, 2.45) is 16.5 Å². The van der Waals surface area contributed by atoms with Gasteiger partial charge < -0.3 is 42.2 Å². The van der Waals surface area contributed by atoms with Crippen molar-refractivity contribution < 1.29 is 39.8 Å². The number of aromatic carboxylic acids is 1. The summed E-state index contributed by atoms with van der Waals surface area (Å²) in [7, 11) is -1.92. The summed E-state index contributed by atoms with van der Waals surface area (Å²) in [5.74, 6) is -3.50. The molecule has 0 radical (unpaired) electrons. The lowest BCUT2D eigenvalue weighted by Crippen LogP contribution is -2.48. The highest BCUT2D eigenvalue weighted by molar-refractivity contribution is 6.43. The largest absolute Gasteiger partial charge is 0.507 e. The molecular formula is C20H25BN4O8. The topological polar surface area (TPSA) is 229 Å². The SMILES string of the molecule is NC(N)=NCc1cccc(CC(=O)N[C@@H](Cc2cccc(C(=O)O)c2O)B(O)O)c1.O=CO. The van der Waals surface area contributed by atoms with Gasteiger partial charge >= 0.3 is 13.1 Å². The van der Waals surface area contributed by atoms with Gasteiger partial charge in [0.05, 0.1) is 18.9 Å². The first-order valence-corrected chi connectivity index (χ1v) is 9.49. The van der Waals surface area contributed by atoms with Crippen LogP contribution in [-0.2, 0) is 29.0 Å². The van der Waals surface area contributed by atoms with E-state index in [1.807, 2.05) is 0 Å². The molecule has 0 aromatic heterocycles. The maximum atomic E-state index is 12.4. The molecule has 0 heterocycles. The fourth-order valence-corrected chi connectivity index (χ4v) is 2.86. The van der Waals surface area contributed by atoms with Crippen LogP contribution >= 0.6 is 0 Å². The van der Waals surface area contributed by atoms with Crippen LogP contribution in [0.4, 0.5) is 0 Å². The second kappa shape index (κ2) is 13.3. The Morgan fingerprint density at radius 1 is 1.12 bits per heavy atom. The Hall–Kier alpha value is -4.10. The lowest BCUT2D eigenvalue weighted by Gasteiger charge is -2.19. The molecule has 1 amide bonds. The number of amides is 1. The molecule has 0 saturated carbocycles. The molecular weight excluding hydrogens is 435 g/mol. The Balaban J connectivity index is 0.00000172. The number of carbonyl (C=O) groups is 3. The van der Waals surface area contributed by atoms with Crippen LogP contribution < -0.4 is 16.8 Å². The van der Waals surface area contributed by atoms with Gasteiger partial charge in [0.25, 0.3) is 6.47 Å². The first-order chi connectivity index (χ1) is 15.6. The van der Waals surface area contributed by atoms with Gasteiger partial charge in [0, 0.05) is 0 Å². The third-order valence-electron chi connectivity index (χ3n) is 4.30. The number of hydrogen-bond acceptors (Lipinski definition) is 7. The number of carbonyl (C=O) groups excluding carboxylic acids is 1. The molecule has 2 rings (SSSR count). The van der Waals surface area contributed by atoms with Crippen molar-refractivity contribution in [3.05, 3.63) is 64.7 Å². The van der Waals surface area contributed by atoms with Crippen molar-refractivity contribution >= 4 is 31.4 Å². The summed E-state index contributed by atoms with van der Waals surface area (Å²) in [4.78, 5) is 35.8. The van der Waals surface area contributed by atoms with E-state index in [9.17, 15) is 24.7 Å². The predicted octanol–water partition coefficient (Wildman–Crippen LogP) is -1.15. The minimum atomic E-state index is -1.92. The smallest absolute Gasteiger partial charge is 0.475 e. The zero-order valence-electron chi connectivity index (χ0n) is 17.5. The quantitative estimate of drug-likeness (QED) is 0.0969. The first-order valence-electron chi connectivity index (χ1n) is 9.49. The van der Waals surface area contributed by atoms with E-state index >= 15 is 0 Å². The van der Waals surface area contributed by atoms with Gasteiger partial charge in [-0.2, -0.15) is 0 Å². The highest BCUT2D eigenvalue weighted by Crippen LogP contribution is 2.24. The number of nitrogens with zero attached hydrogens (tertiary/aromatic N) is 1. The van der Waals surface area contributed by atoms with Crippen LogP contribution in [-0.4, -0.2) is 62.7 Å². The second-order valence-corrected chi connectivity index (χ2v) is 6.75. The summed E-state index contributed by atoms with van der Waals surface area (Å²) in [5, 5.41) is 47.8. The summed E-state index contributed by atoms with van der Waals surface area (Å²) in [6.45, 7) is 0.00890. The number of nitrogens with two attached hydrogens (primary N) is 2. The van der Waals surface area contributed by atoms with E-state index in [4.69, 9.17) is 26.5 Å². The monoisotopic (exact) mass is 460 g/mol. The molecule has 0 fully saturated rings. The number of benzene rings is 2. The zero-order valence-corrected chi connectivity index (χ0v) is 17.5. The zero-order chi connectivity index (χ0) is 25.0. The Labute approximate surface area is 189 Å². The average molecular weight is 460 g/mol. The van der Waals surface area contributed by atoms with Gasteiger partial charge in [0.2, 0.25) is 5.91 Å². The lowest BCUT2D eigenvalue weighted by atomic mass is 9.75. The normalized spacial score (nSPS) is 10.7. The standard InChI is InChI=1S/C19H23BN4O6.CH2O2/c21-19(22)23-10-12-4-1-3-11(7-12)8-16(25)24-15(20(29)30)9-13-5-2-6-14(17(13)26)18(27)28;2-1-3/h1-7,15,26,29-30H,8-10H2,(H,24,25)(H,27,28)(H4,21,22,23);1H,(H,2,3)/t15-;/m0./s1. The summed E-state index contributed by atoms with van der Waals surface area (Å²) in [6.07, 6.45) is -0.221. The van der Waals surface area contributed by atoms with Crippen LogP contribution in [0.15, 0.2) is 47.5 Å². The van der Waals surface area contributed by atoms with Gasteiger partial charge in [0.1, 0.15) is 11.3 Å².